The van der Waals surface area contributed by atoms with Gasteiger partial charge in [0.05, 0.1) is 5.56 Å². The van der Waals surface area contributed by atoms with E-state index in [4.69, 9.17) is 0 Å². The average molecular weight is 323 g/mol. The SMILES string of the molecule is Cc1cc(C)nc([C@H]2CCN(C(=O)c3cnc(C4CC4)nc3)C2)n1. The van der Waals surface area contributed by atoms with Gasteiger partial charge in [-0.15, -0.1) is 0 Å². The molecule has 3 heterocycles. The second kappa shape index (κ2) is 5.92. The van der Waals surface area contributed by atoms with Crippen LogP contribution in [0, 0.1) is 13.8 Å². The molecule has 6 nitrogen and oxygen atoms in total. The lowest BCUT2D eigenvalue weighted by Gasteiger charge is -2.16. The summed E-state index contributed by atoms with van der Waals surface area (Å²) in [5, 5.41) is 0. The molecular weight excluding hydrogens is 302 g/mol. The fraction of sp³-hybridized carbons (Fsp3) is 0.500. The number of likely N-dealkylation sites (tertiary alicyclic amines) is 1. The van der Waals surface area contributed by atoms with E-state index in [0.29, 0.717) is 18.0 Å². The van der Waals surface area contributed by atoms with Gasteiger partial charge in [-0.2, -0.15) is 0 Å². The second-order valence-electron chi connectivity index (χ2n) is 6.85. The van der Waals surface area contributed by atoms with Crippen molar-refractivity contribution in [3.8, 4) is 0 Å². The monoisotopic (exact) mass is 323 g/mol. The summed E-state index contributed by atoms with van der Waals surface area (Å²) in [5.41, 5.74) is 2.53. The van der Waals surface area contributed by atoms with Crippen LogP contribution in [-0.2, 0) is 0 Å². The van der Waals surface area contributed by atoms with Gasteiger partial charge < -0.3 is 4.90 Å². The molecular formula is C18H21N5O. The van der Waals surface area contributed by atoms with Gasteiger partial charge >= 0.3 is 0 Å². The summed E-state index contributed by atoms with van der Waals surface area (Å²) in [6.45, 7) is 5.35. The van der Waals surface area contributed by atoms with Crippen LogP contribution in [0.5, 0.6) is 0 Å². The largest absolute Gasteiger partial charge is 0.338 e. The molecule has 0 spiro atoms. The third kappa shape index (κ3) is 3.00. The van der Waals surface area contributed by atoms with E-state index in [1.807, 2.05) is 24.8 Å². The summed E-state index contributed by atoms with van der Waals surface area (Å²) in [4.78, 5) is 32.3. The van der Waals surface area contributed by atoms with Crippen molar-refractivity contribution in [2.45, 2.75) is 44.9 Å². The standard InChI is InChI=1S/C18H21N5O/c1-11-7-12(2)22-17(21-11)14-5-6-23(10-14)18(24)15-8-19-16(20-9-15)13-3-4-13/h7-9,13-14H,3-6,10H2,1-2H3/t14-/m0/s1. The van der Waals surface area contributed by atoms with Gasteiger partial charge in [0.25, 0.3) is 5.91 Å². The minimum absolute atomic E-state index is 0.00391. The van der Waals surface area contributed by atoms with Crippen molar-refractivity contribution in [1.29, 1.82) is 0 Å². The molecule has 0 bridgehead atoms. The average Bonchev–Trinajstić information content (AvgIpc) is 3.30. The topological polar surface area (TPSA) is 71.9 Å². The van der Waals surface area contributed by atoms with Gasteiger partial charge in [-0.05, 0) is 39.2 Å². The molecule has 1 saturated heterocycles. The molecule has 6 heteroatoms. The first-order chi connectivity index (χ1) is 11.6. The highest BCUT2D eigenvalue weighted by atomic mass is 16.2. The normalized spacial score (nSPS) is 20.4. The van der Waals surface area contributed by atoms with Crippen LogP contribution in [0.15, 0.2) is 18.5 Å². The Morgan fingerprint density at radius 3 is 2.29 bits per heavy atom. The number of nitrogens with zero attached hydrogens (tertiary/aromatic N) is 5. The van der Waals surface area contributed by atoms with Crippen LogP contribution < -0.4 is 0 Å². The van der Waals surface area contributed by atoms with Crippen molar-refractivity contribution in [1.82, 2.24) is 24.8 Å². The van der Waals surface area contributed by atoms with Gasteiger partial charge in [-0.3, -0.25) is 4.79 Å². The first-order valence-corrected chi connectivity index (χ1v) is 8.53. The fourth-order valence-corrected chi connectivity index (χ4v) is 3.27. The third-order valence-corrected chi connectivity index (χ3v) is 4.70. The van der Waals surface area contributed by atoms with E-state index in [1.165, 1.54) is 0 Å². The van der Waals surface area contributed by atoms with Crippen molar-refractivity contribution in [3.05, 3.63) is 47.1 Å². The maximum absolute atomic E-state index is 12.7. The molecule has 2 aromatic rings. The van der Waals surface area contributed by atoms with Crippen molar-refractivity contribution < 1.29 is 4.79 Å². The molecule has 1 saturated carbocycles. The minimum Gasteiger partial charge on any atom is -0.338 e. The van der Waals surface area contributed by atoms with Crippen LogP contribution in [-0.4, -0.2) is 43.8 Å². The van der Waals surface area contributed by atoms with Crippen LogP contribution in [0.25, 0.3) is 0 Å². The Hall–Kier alpha value is -2.37. The number of carbonyl (C=O) groups excluding carboxylic acids is 1. The van der Waals surface area contributed by atoms with E-state index in [0.717, 1.165) is 48.8 Å². The molecule has 0 aromatic carbocycles. The zero-order valence-corrected chi connectivity index (χ0v) is 14.1. The second-order valence-corrected chi connectivity index (χ2v) is 6.85. The van der Waals surface area contributed by atoms with Gasteiger partial charge in [0.2, 0.25) is 0 Å². The Balaban J connectivity index is 1.46. The number of hydrogen-bond acceptors (Lipinski definition) is 5. The minimum atomic E-state index is 0.00391. The summed E-state index contributed by atoms with van der Waals surface area (Å²) in [6, 6.07) is 1.97. The lowest BCUT2D eigenvalue weighted by Crippen LogP contribution is -2.29. The molecule has 24 heavy (non-hydrogen) atoms. The van der Waals surface area contributed by atoms with Gasteiger partial charge in [-0.1, -0.05) is 0 Å². The highest BCUT2D eigenvalue weighted by Crippen LogP contribution is 2.37. The number of aromatic nitrogens is 4. The lowest BCUT2D eigenvalue weighted by atomic mass is 10.1. The van der Waals surface area contributed by atoms with Crippen LogP contribution in [0.1, 0.15) is 64.5 Å². The maximum Gasteiger partial charge on any atom is 0.257 e. The van der Waals surface area contributed by atoms with Crippen molar-refractivity contribution in [3.63, 3.8) is 0 Å². The van der Waals surface area contributed by atoms with Gasteiger partial charge in [-0.25, -0.2) is 19.9 Å². The highest BCUT2D eigenvalue weighted by molar-refractivity contribution is 5.93. The zero-order chi connectivity index (χ0) is 16.7. The van der Waals surface area contributed by atoms with Gasteiger partial charge in [0.15, 0.2) is 0 Å². The Morgan fingerprint density at radius 2 is 1.67 bits per heavy atom. The molecule has 0 unspecified atom stereocenters. The molecule has 2 aliphatic rings. The van der Waals surface area contributed by atoms with E-state index in [9.17, 15) is 4.79 Å². The molecule has 1 aliphatic heterocycles. The molecule has 2 fully saturated rings. The Bertz CT molecular complexity index is 749. The zero-order valence-electron chi connectivity index (χ0n) is 14.1. The van der Waals surface area contributed by atoms with Crippen molar-refractivity contribution in [2.75, 3.05) is 13.1 Å². The van der Waals surface area contributed by atoms with Crippen LogP contribution in [0.4, 0.5) is 0 Å². The van der Waals surface area contributed by atoms with Gasteiger partial charge in [0, 0.05) is 48.7 Å². The maximum atomic E-state index is 12.7. The third-order valence-electron chi connectivity index (χ3n) is 4.70. The fourth-order valence-electron chi connectivity index (χ4n) is 3.27. The molecule has 1 aliphatic carbocycles. The predicted molar refractivity (Wildman–Crippen MR) is 88.8 cm³/mol. The number of hydrogen-bond donors (Lipinski definition) is 0. The number of carbonyl (C=O) groups is 1. The highest BCUT2D eigenvalue weighted by Gasteiger charge is 2.31. The lowest BCUT2D eigenvalue weighted by molar-refractivity contribution is 0.0789. The molecule has 4 rings (SSSR count). The van der Waals surface area contributed by atoms with Crippen LogP contribution in [0.3, 0.4) is 0 Å². The first-order valence-electron chi connectivity index (χ1n) is 8.53. The number of rotatable bonds is 3. The molecule has 0 N–H and O–H groups in total. The number of amides is 1. The molecule has 1 amide bonds. The van der Waals surface area contributed by atoms with E-state index in [1.54, 1.807) is 12.4 Å². The van der Waals surface area contributed by atoms with E-state index >= 15 is 0 Å². The Kier molecular flexibility index (Phi) is 3.75. The summed E-state index contributed by atoms with van der Waals surface area (Å²) in [5.74, 6) is 2.44. The first kappa shape index (κ1) is 15.2. The van der Waals surface area contributed by atoms with Crippen LogP contribution in [0.2, 0.25) is 0 Å². The van der Waals surface area contributed by atoms with E-state index in [2.05, 4.69) is 19.9 Å². The summed E-state index contributed by atoms with van der Waals surface area (Å²) >= 11 is 0. The quantitative estimate of drug-likeness (QED) is 0.867. The van der Waals surface area contributed by atoms with Crippen molar-refractivity contribution >= 4 is 5.91 Å². The molecule has 1 atom stereocenters. The molecule has 0 radical (unpaired) electrons. The molecule has 2 aromatic heterocycles. The van der Waals surface area contributed by atoms with E-state index < -0.39 is 0 Å². The number of aryl methyl sites for hydroxylation is 2. The smallest absolute Gasteiger partial charge is 0.257 e. The van der Waals surface area contributed by atoms with E-state index in [-0.39, 0.29) is 11.8 Å². The summed E-state index contributed by atoms with van der Waals surface area (Å²) in [7, 11) is 0. The predicted octanol–water partition coefficient (Wildman–Crippen LogP) is 2.39. The van der Waals surface area contributed by atoms with Crippen molar-refractivity contribution in [2.24, 2.45) is 0 Å². The Labute approximate surface area is 141 Å². The summed E-state index contributed by atoms with van der Waals surface area (Å²) in [6.07, 6.45) is 6.57. The Morgan fingerprint density at radius 1 is 1.00 bits per heavy atom. The van der Waals surface area contributed by atoms with Gasteiger partial charge in [0.1, 0.15) is 11.6 Å². The molecule has 124 valence electrons. The van der Waals surface area contributed by atoms with Crippen LogP contribution >= 0.6 is 0 Å². The summed E-state index contributed by atoms with van der Waals surface area (Å²) < 4.78 is 0.